The van der Waals surface area contributed by atoms with Crippen LogP contribution in [-0.2, 0) is 0 Å². The third-order valence-corrected chi connectivity index (χ3v) is 9.40. The number of thioether (sulfide) groups is 4. The zero-order valence-corrected chi connectivity index (χ0v) is 18.2. The molecule has 0 radical (unpaired) electrons. The Bertz CT molecular complexity index is 231. The number of aliphatic hydroxyl groups excluding tert-OH is 2. The molecule has 0 aliphatic rings. The van der Waals surface area contributed by atoms with E-state index in [0.717, 1.165) is 23.0 Å². The van der Waals surface area contributed by atoms with Gasteiger partial charge in [-0.25, -0.2) is 0 Å². The number of hydrogen-bond donors (Lipinski definition) is 2. The smallest absolute Gasteiger partial charge is 0.0904 e. The van der Waals surface area contributed by atoms with E-state index < -0.39 is 12.2 Å². The van der Waals surface area contributed by atoms with Crippen molar-refractivity contribution in [1.29, 1.82) is 0 Å². The lowest BCUT2D eigenvalue weighted by molar-refractivity contribution is 0.223. The summed E-state index contributed by atoms with van der Waals surface area (Å²) in [4.78, 5) is 0. The molecule has 0 aromatic carbocycles. The molecule has 4 unspecified atom stereocenters. The minimum absolute atomic E-state index is 0.0991. The minimum atomic E-state index is -0.409. The van der Waals surface area contributed by atoms with Gasteiger partial charge in [0.05, 0.1) is 16.9 Å². The molecule has 0 heterocycles. The molecule has 0 aliphatic heterocycles. The van der Waals surface area contributed by atoms with Crippen molar-refractivity contribution in [3.8, 4) is 0 Å². The van der Waals surface area contributed by atoms with Crippen LogP contribution in [0.15, 0.2) is 0 Å². The third-order valence-electron chi connectivity index (χ3n) is 2.46. The first kappa shape index (κ1) is 24.2. The Morgan fingerprint density at radius 2 is 1.27 bits per heavy atom. The Kier molecular flexibility index (Phi) is 18.3. The molecule has 2 nitrogen and oxygen atoms in total. The maximum Gasteiger partial charge on any atom is 0.0904 e. The second-order valence-corrected chi connectivity index (χ2v) is 10.9. The molecule has 9 heteroatoms. The molecule has 0 saturated carbocycles. The van der Waals surface area contributed by atoms with Crippen molar-refractivity contribution in [3.63, 3.8) is 0 Å². The summed E-state index contributed by atoms with van der Waals surface area (Å²) in [6.45, 7) is 2.15. The average molecular weight is 448 g/mol. The summed E-state index contributed by atoms with van der Waals surface area (Å²) in [6.07, 6.45) is -0.812. The molecule has 0 aromatic heterocycles. The van der Waals surface area contributed by atoms with Crippen LogP contribution in [0.5, 0.6) is 0 Å². The highest BCUT2D eigenvalue weighted by Gasteiger charge is 2.15. The summed E-state index contributed by atoms with van der Waals surface area (Å²) < 4.78 is 0.0991. The topological polar surface area (TPSA) is 40.5 Å². The predicted octanol–water partition coefficient (Wildman–Crippen LogP) is 4.07. The van der Waals surface area contributed by atoms with Crippen molar-refractivity contribution in [2.45, 2.75) is 29.1 Å². The standard InChI is InChI=1S/C13H25Cl3O2S4/c1-10(21-4-2-19-8-11(17)6-14)13(16)22-5-3-20-9-12(18)7-15/h10-13,17-18H,2-9H2,1H3. The Labute approximate surface area is 166 Å². The Hall–Kier alpha value is 2.19. The van der Waals surface area contributed by atoms with Crippen LogP contribution in [0.25, 0.3) is 0 Å². The van der Waals surface area contributed by atoms with Crippen molar-refractivity contribution < 1.29 is 10.2 Å². The highest BCUT2D eigenvalue weighted by atomic mass is 35.5. The van der Waals surface area contributed by atoms with Gasteiger partial charge in [0.15, 0.2) is 0 Å². The molecule has 0 saturated heterocycles. The van der Waals surface area contributed by atoms with E-state index >= 15 is 0 Å². The molecule has 0 spiro atoms. The van der Waals surface area contributed by atoms with Gasteiger partial charge >= 0.3 is 0 Å². The van der Waals surface area contributed by atoms with Crippen molar-refractivity contribution >= 4 is 81.9 Å². The van der Waals surface area contributed by atoms with Gasteiger partial charge in [-0.2, -0.15) is 35.3 Å². The van der Waals surface area contributed by atoms with Crippen LogP contribution in [0, 0.1) is 0 Å². The first-order chi connectivity index (χ1) is 10.5. The Balaban J connectivity index is 3.48. The maximum absolute atomic E-state index is 9.34. The first-order valence-electron chi connectivity index (χ1n) is 7.02. The van der Waals surface area contributed by atoms with E-state index in [1.807, 2.05) is 11.8 Å². The summed E-state index contributed by atoms with van der Waals surface area (Å²) in [7, 11) is 0. The van der Waals surface area contributed by atoms with Gasteiger partial charge in [-0.1, -0.05) is 6.92 Å². The monoisotopic (exact) mass is 446 g/mol. The van der Waals surface area contributed by atoms with Gasteiger partial charge in [0.25, 0.3) is 0 Å². The molecule has 4 atom stereocenters. The predicted molar refractivity (Wildman–Crippen MR) is 112 cm³/mol. The molecule has 2 N–H and O–H groups in total. The van der Waals surface area contributed by atoms with E-state index in [4.69, 9.17) is 34.8 Å². The van der Waals surface area contributed by atoms with Gasteiger partial charge in [0, 0.05) is 51.5 Å². The van der Waals surface area contributed by atoms with E-state index in [2.05, 4.69) is 6.92 Å². The van der Waals surface area contributed by atoms with E-state index in [-0.39, 0.29) is 4.71 Å². The number of alkyl halides is 3. The molecule has 22 heavy (non-hydrogen) atoms. The quantitative estimate of drug-likeness (QED) is 0.291. The average Bonchev–Trinajstić information content (AvgIpc) is 2.52. The zero-order chi connectivity index (χ0) is 16.8. The minimum Gasteiger partial charge on any atom is -0.391 e. The molecule has 0 rings (SSSR count). The maximum atomic E-state index is 9.34. The molecule has 0 bridgehead atoms. The van der Waals surface area contributed by atoms with Crippen LogP contribution in [-0.4, -0.2) is 78.7 Å². The fourth-order valence-electron chi connectivity index (χ4n) is 1.25. The van der Waals surface area contributed by atoms with Gasteiger partial charge in [0.1, 0.15) is 0 Å². The van der Waals surface area contributed by atoms with Crippen LogP contribution in [0.1, 0.15) is 6.92 Å². The van der Waals surface area contributed by atoms with Crippen LogP contribution in [0.4, 0.5) is 0 Å². The lowest BCUT2D eigenvalue weighted by Gasteiger charge is -2.17. The molecular weight excluding hydrogens is 423 g/mol. The van der Waals surface area contributed by atoms with Crippen molar-refractivity contribution in [2.75, 3.05) is 46.3 Å². The van der Waals surface area contributed by atoms with E-state index in [1.54, 1.807) is 35.3 Å². The lowest BCUT2D eigenvalue weighted by Crippen LogP contribution is -2.14. The molecule has 0 aromatic rings. The molecule has 0 aliphatic carbocycles. The van der Waals surface area contributed by atoms with Gasteiger partial charge < -0.3 is 10.2 Å². The van der Waals surface area contributed by atoms with Crippen LogP contribution < -0.4 is 0 Å². The third kappa shape index (κ3) is 14.5. The Morgan fingerprint density at radius 1 is 0.818 bits per heavy atom. The summed E-state index contributed by atoms with van der Waals surface area (Å²) in [5, 5.41) is 19.1. The van der Waals surface area contributed by atoms with Gasteiger partial charge in [0.2, 0.25) is 0 Å². The summed E-state index contributed by atoms with van der Waals surface area (Å²) in [5.41, 5.74) is 0. The second-order valence-electron chi connectivity index (χ2n) is 4.56. The van der Waals surface area contributed by atoms with Crippen LogP contribution >= 0.6 is 81.9 Å². The van der Waals surface area contributed by atoms with Gasteiger partial charge in [-0.15, -0.1) is 46.6 Å². The van der Waals surface area contributed by atoms with Crippen molar-refractivity contribution in [3.05, 3.63) is 0 Å². The van der Waals surface area contributed by atoms with Gasteiger partial charge in [-0.3, -0.25) is 0 Å². The van der Waals surface area contributed by atoms with E-state index in [1.165, 1.54) is 0 Å². The van der Waals surface area contributed by atoms with Crippen LogP contribution in [0.3, 0.4) is 0 Å². The number of rotatable bonds is 15. The molecule has 0 amide bonds. The van der Waals surface area contributed by atoms with E-state index in [9.17, 15) is 10.2 Å². The first-order valence-corrected chi connectivity index (χ1v) is 12.9. The summed E-state index contributed by atoms with van der Waals surface area (Å²) in [6, 6.07) is 0. The Morgan fingerprint density at radius 3 is 1.73 bits per heavy atom. The fraction of sp³-hybridized carbons (Fsp3) is 1.00. The number of aliphatic hydroxyl groups is 2. The summed E-state index contributed by atoms with van der Waals surface area (Å²) in [5.74, 6) is 5.98. The zero-order valence-electron chi connectivity index (χ0n) is 12.6. The van der Waals surface area contributed by atoms with Crippen molar-refractivity contribution in [1.82, 2.24) is 0 Å². The second kappa shape index (κ2) is 16.6. The van der Waals surface area contributed by atoms with Crippen LogP contribution in [0.2, 0.25) is 0 Å². The molecule has 0 fully saturated rings. The summed E-state index contributed by atoms with van der Waals surface area (Å²) >= 11 is 24.5. The number of hydrogen-bond acceptors (Lipinski definition) is 6. The number of halogens is 3. The van der Waals surface area contributed by atoms with Gasteiger partial charge in [-0.05, 0) is 0 Å². The highest BCUT2D eigenvalue weighted by molar-refractivity contribution is 8.06. The highest BCUT2D eigenvalue weighted by Crippen LogP contribution is 2.28. The largest absolute Gasteiger partial charge is 0.391 e. The SMILES string of the molecule is CC(SCCSCC(O)CCl)C(Cl)SCCSCC(O)CCl. The normalized spacial score (nSPS) is 17.2. The fourth-order valence-corrected chi connectivity index (χ4v) is 6.53. The lowest BCUT2D eigenvalue weighted by atomic mass is 10.5. The molecule has 134 valence electrons. The molecular formula is C13H25Cl3O2S4. The van der Waals surface area contributed by atoms with Crippen molar-refractivity contribution in [2.24, 2.45) is 0 Å². The van der Waals surface area contributed by atoms with E-state index in [0.29, 0.717) is 28.5 Å².